The summed E-state index contributed by atoms with van der Waals surface area (Å²) in [5.74, 6) is 0. The molecule has 44 heavy (non-hydrogen) atoms. The summed E-state index contributed by atoms with van der Waals surface area (Å²) in [5.41, 5.74) is 4.84. The molecule has 2 aromatic carbocycles. The number of unbranched alkanes of at least 4 members (excludes halogenated alkanes) is 22. The summed E-state index contributed by atoms with van der Waals surface area (Å²) in [6.45, 7) is 4.59. The Kier molecular flexibility index (Phi) is 24.4. The minimum Gasteiger partial charge on any atom is -0.255 e. The maximum absolute atomic E-state index is 4.57. The normalized spacial score (nSPS) is 11.8. The number of hydrogen-bond donors (Lipinski definition) is 0. The van der Waals surface area contributed by atoms with Crippen molar-refractivity contribution < 1.29 is 0 Å². The Morgan fingerprint density at radius 2 is 0.591 bits per heavy atom. The number of nitrogens with zero attached hydrogens (tertiary/aromatic N) is 2. The second-order valence-electron chi connectivity index (χ2n) is 13.2. The summed E-state index contributed by atoms with van der Waals surface area (Å²) < 4.78 is 0. The molecule has 0 N–H and O–H groups in total. The largest absolute Gasteiger partial charge is 0.255 e. The van der Waals surface area contributed by atoms with E-state index in [1.807, 2.05) is 0 Å². The average Bonchev–Trinajstić information content (AvgIpc) is 3.05. The molecule has 2 aromatic rings. The highest BCUT2D eigenvalue weighted by Gasteiger charge is 1.98. The smallest absolute Gasteiger partial charge is 0.0630 e. The molecule has 0 fully saturated rings. The van der Waals surface area contributed by atoms with Gasteiger partial charge in [-0.2, -0.15) is 0 Å². The Morgan fingerprint density at radius 3 is 0.864 bits per heavy atom. The van der Waals surface area contributed by atoms with Gasteiger partial charge in [0.1, 0.15) is 0 Å². The Hall–Kier alpha value is -2.22. The molecule has 2 nitrogen and oxygen atoms in total. The van der Waals surface area contributed by atoms with Crippen LogP contribution in [0.3, 0.4) is 0 Å². The molecule has 0 saturated carbocycles. The van der Waals surface area contributed by atoms with Gasteiger partial charge in [-0.3, -0.25) is 9.98 Å². The molecule has 0 heterocycles. The van der Waals surface area contributed by atoms with Gasteiger partial charge in [-0.1, -0.05) is 179 Å². The molecule has 0 spiro atoms. The molecule has 2 heteroatoms. The molecule has 0 aliphatic rings. The SMILES string of the molecule is CCCCCCCCCCCCCCc1ccc(N=CC=Nc2ccc(CCCCCCCCCCCCCC)cc2)cc1. The molecule has 0 aliphatic heterocycles. The predicted molar refractivity (Wildman–Crippen MR) is 199 cm³/mol. The lowest BCUT2D eigenvalue weighted by molar-refractivity contribution is 0.544. The minimum atomic E-state index is 0.993. The molecular weight excluding hydrogens is 532 g/mol. The van der Waals surface area contributed by atoms with E-state index >= 15 is 0 Å². The van der Waals surface area contributed by atoms with Gasteiger partial charge in [-0.25, -0.2) is 0 Å². The first-order valence-corrected chi connectivity index (χ1v) is 19.1. The van der Waals surface area contributed by atoms with E-state index in [-0.39, 0.29) is 0 Å². The fraction of sp³-hybridized carbons (Fsp3) is 0.667. The number of aliphatic imine (C=N–C) groups is 2. The van der Waals surface area contributed by atoms with Crippen molar-refractivity contribution in [2.24, 2.45) is 9.98 Å². The summed E-state index contributed by atoms with van der Waals surface area (Å²) in [7, 11) is 0. The summed E-state index contributed by atoms with van der Waals surface area (Å²) >= 11 is 0. The third-order valence-electron chi connectivity index (χ3n) is 9.02. The van der Waals surface area contributed by atoms with E-state index in [0.717, 1.165) is 11.4 Å². The lowest BCUT2D eigenvalue weighted by atomic mass is 10.0. The second kappa shape index (κ2) is 28.3. The first-order valence-electron chi connectivity index (χ1n) is 19.1. The van der Waals surface area contributed by atoms with Gasteiger partial charge >= 0.3 is 0 Å². The zero-order chi connectivity index (χ0) is 31.2. The average molecular weight is 601 g/mol. The van der Waals surface area contributed by atoms with Gasteiger partial charge in [0.25, 0.3) is 0 Å². The Bertz CT molecular complexity index is 861. The van der Waals surface area contributed by atoms with Crippen LogP contribution in [0.2, 0.25) is 0 Å². The van der Waals surface area contributed by atoms with Crippen LogP contribution < -0.4 is 0 Å². The van der Waals surface area contributed by atoms with E-state index in [2.05, 4.69) is 72.4 Å². The summed E-state index contributed by atoms with van der Waals surface area (Å²) in [4.78, 5) is 9.14. The van der Waals surface area contributed by atoms with Crippen LogP contribution in [0.1, 0.15) is 179 Å². The first-order chi connectivity index (χ1) is 21.8. The number of benzene rings is 2. The van der Waals surface area contributed by atoms with Crippen molar-refractivity contribution in [1.82, 2.24) is 0 Å². The van der Waals surface area contributed by atoms with Crippen molar-refractivity contribution in [3.8, 4) is 0 Å². The molecule has 0 aliphatic carbocycles. The monoisotopic (exact) mass is 601 g/mol. The van der Waals surface area contributed by atoms with Crippen LogP contribution in [0, 0.1) is 0 Å². The topological polar surface area (TPSA) is 24.7 Å². The van der Waals surface area contributed by atoms with Crippen molar-refractivity contribution in [1.29, 1.82) is 0 Å². The molecule has 0 atom stereocenters. The van der Waals surface area contributed by atoms with Crippen LogP contribution in [0.4, 0.5) is 11.4 Å². The molecule has 0 aromatic heterocycles. The maximum atomic E-state index is 4.57. The van der Waals surface area contributed by atoms with E-state index in [1.54, 1.807) is 12.4 Å². The number of hydrogen-bond acceptors (Lipinski definition) is 2. The van der Waals surface area contributed by atoms with E-state index < -0.39 is 0 Å². The Balaban J connectivity index is 1.47. The van der Waals surface area contributed by atoms with Gasteiger partial charge in [0.2, 0.25) is 0 Å². The lowest BCUT2D eigenvalue weighted by Crippen LogP contribution is -1.87. The van der Waals surface area contributed by atoms with E-state index in [0.29, 0.717) is 0 Å². The molecule has 2 rings (SSSR count). The molecule has 0 saturated heterocycles. The zero-order valence-corrected chi connectivity index (χ0v) is 29.1. The third-order valence-corrected chi connectivity index (χ3v) is 9.02. The summed E-state index contributed by atoms with van der Waals surface area (Å²) in [5, 5.41) is 0. The maximum Gasteiger partial charge on any atom is 0.0630 e. The van der Waals surface area contributed by atoms with Gasteiger partial charge in [0, 0.05) is 12.4 Å². The van der Waals surface area contributed by atoms with Gasteiger partial charge < -0.3 is 0 Å². The van der Waals surface area contributed by atoms with E-state index in [4.69, 9.17) is 0 Å². The van der Waals surface area contributed by atoms with Gasteiger partial charge in [-0.05, 0) is 61.1 Å². The first kappa shape index (κ1) is 38.0. The molecule has 0 unspecified atom stereocenters. The van der Waals surface area contributed by atoms with Gasteiger partial charge in [0.15, 0.2) is 0 Å². The van der Waals surface area contributed by atoms with Crippen molar-refractivity contribution >= 4 is 23.8 Å². The Labute approximate surface area is 273 Å². The second-order valence-corrected chi connectivity index (χ2v) is 13.2. The third kappa shape index (κ3) is 21.5. The van der Waals surface area contributed by atoms with Crippen LogP contribution in [0.25, 0.3) is 0 Å². The summed E-state index contributed by atoms with van der Waals surface area (Å²) in [6.07, 6.45) is 39.7. The highest BCUT2D eigenvalue weighted by molar-refractivity contribution is 6.17. The molecule has 0 radical (unpaired) electrons. The molecular formula is C42H68N2. The predicted octanol–water partition coefficient (Wildman–Crippen LogP) is 14.3. The van der Waals surface area contributed by atoms with E-state index in [1.165, 1.54) is 178 Å². The number of aryl methyl sites for hydroxylation is 2. The Morgan fingerprint density at radius 1 is 0.341 bits per heavy atom. The van der Waals surface area contributed by atoms with Crippen LogP contribution in [0.15, 0.2) is 58.5 Å². The van der Waals surface area contributed by atoms with Crippen LogP contribution in [0.5, 0.6) is 0 Å². The van der Waals surface area contributed by atoms with Gasteiger partial charge in [0.05, 0.1) is 11.4 Å². The molecule has 0 amide bonds. The standard InChI is InChI=1S/C42H68N2/c1-3-5-7-9-11-13-15-17-19-21-23-25-27-39-29-33-41(34-30-39)43-37-38-44-42-35-31-40(32-36-42)28-26-24-22-20-18-16-14-12-10-8-6-4-2/h29-38H,3-28H2,1-2H3. The van der Waals surface area contributed by atoms with Crippen molar-refractivity contribution in [3.05, 3.63) is 59.7 Å². The zero-order valence-electron chi connectivity index (χ0n) is 29.1. The molecule has 246 valence electrons. The highest BCUT2D eigenvalue weighted by Crippen LogP contribution is 2.18. The number of rotatable bonds is 29. The summed E-state index contributed by atoms with van der Waals surface area (Å²) in [6, 6.07) is 17.5. The highest BCUT2D eigenvalue weighted by atomic mass is 14.8. The van der Waals surface area contributed by atoms with Crippen LogP contribution in [-0.2, 0) is 12.8 Å². The van der Waals surface area contributed by atoms with Crippen LogP contribution >= 0.6 is 0 Å². The fourth-order valence-corrected chi connectivity index (χ4v) is 6.08. The van der Waals surface area contributed by atoms with Crippen molar-refractivity contribution in [2.45, 2.75) is 181 Å². The fourth-order valence-electron chi connectivity index (χ4n) is 6.08. The van der Waals surface area contributed by atoms with Crippen molar-refractivity contribution in [3.63, 3.8) is 0 Å². The van der Waals surface area contributed by atoms with Crippen molar-refractivity contribution in [2.75, 3.05) is 0 Å². The van der Waals surface area contributed by atoms with E-state index in [9.17, 15) is 0 Å². The van der Waals surface area contributed by atoms with Gasteiger partial charge in [-0.15, -0.1) is 0 Å². The van der Waals surface area contributed by atoms with Crippen LogP contribution in [-0.4, -0.2) is 12.4 Å². The minimum absolute atomic E-state index is 0.993. The molecule has 0 bridgehead atoms. The quantitative estimate of drug-likeness (QED) is 0.0655. The lowest BCUT2D eigenvalue weighted by Gasteiger charge is -2.04.